The zero-order valence-corrected chi connectivity index (χ0v) is 29.8. The number of esters is 2. The van der Waals surface area contributed by atoms with Crippen LogP contribution in [0, 0.1) is 0 Å². The number of rotatable bonds is 14. The number of hydroxylamine groups is 2. The third-order valence-electron chi connectivity index (χ3n) is 8.51. The van der Waals surface area contributed by atoms with Gasteiger partial charge in [-0.15, -0.1) is 0 Å². The van der Waals surface area contributed by atoms with Crippen LogP contribution in [0.25, 0.3) is 0 Å². The van der Waals surface area contributed by atoms with E-state index in [-0.39, 0.29) is 43.5 Å². The lowest BCUT2D eigenvalue weighted by Crippen LogP contribution is -2.51. The summed E-state index contributed by atoms with van der Waals surface area (Å²) in [5.41, 5.74) is 10.4. The van der Waals surface area contributed by atoms with E-state index in [0.717, 1.165) is 55.0 Å². The SMILES string of the molecule is C.CO.O=C(OCc1ccccc1)[C@@H]1CCC(NOCc2ccccc2)CN1.O=C(OCc1ccccc1)[C@@H]1CC[C@@H](NOCc2ccccc2)CN1. The maximum atomic E-state index is 12.1. The number of aliphatic hydroxyl groups excluding tert-OH is 1. The third-order valence-corrected chi connectivity index (χ3v) is 8.51. The number of benzene rings is 4. The van der Waals surface area contributed by atoms with Gasteiger partial charge < -0.3 is 25.2 Å². The molecule has 2 heterocycles. The van der Waals surface area contributed by atoms with E-state index in [1.54, 1.807) is 0 Å². The smallest absolute Gasteiger partial charge is 0.323 e. The average Bonchev–Trinajstić information content (AvgIpc) is 3.22. The normalized spacial score (nSPS) is 19.1. The number of hydrogen-bond donors (Lipinski definition) is 5. The van der Waals surface area contributed by atoms with E-state index in [1.165, 1.54) is 0 Å². The molecule has 0 radical (unpaired) electrons. The Morgan fingerprint density at radius 1 is 0.528 bits per heavy atom. The Kier molecular flexibility index (Phi) is 20.7. The number of aliphatic hydroxyl groups is 1. The zero-order valence-electron chi connectivity index (χ0n) is 29.8. The molecule has 1 unspecified atom stereocenters. The van der Waals surface area contributed by atoms with Gasteiger partial charge in [0, 0.05) is 32.3 Å². The van der Waals surface area contributed by atoms with Gasteiger partial charge in [0.2, 0.25) is 0 Å². The standard InChI is InChI=1S/2C20H24N2O3.CH4O.CH4/c2*23-20(24-14-16-7-3-1-4-8-16)19-12-11-18(13-21-19)22-25-15-17-9-5-2-6-10-17;1-2;/h2*1-10,18-19,21-22H,11-15H2;2H,1H3;1H4/t18?,19-;18-,19+;;/m01../s1. The first kappa shape index (κ1) is 42.9. The molecule has 0 aliphatic carbocycles. The minimum Gasteiger partial charge on any atom is -0.460 e. The first-order valence-corrected chi connectivity index (χ1v) is 17.8. The highest BCUT2D eigenvalue weighted by Crippen LogP contribution is 2.13. The first-order chi connectivity index (χ1) is 25.6. The molecule has 286 valence electrons. The fourth-order valence-electron chi connectivity index (χ4n) is 5.61. The van der Waals surface area contributed by atoms with Crippen LogP contribution >= 0.6 is 0 Å². The third kappa shape index (κ3) is 16.4. The van der Waals surface area contributed by atoms with Crippen molar-refractivity contribution < 1.29 is 33.8 Å². The van der Waals surface area contributed by atoms with E-state index < -0.39 is 0 Å². The second kappa shape index (κ2) is 25.5. The van der Waals surface area contributed by atoms with Gasteiger partial charge in [-0.3, -0.25) is 19.3 Å². The van der Waals surface area contributed by atoms with E-state index in [9.17, 15) is 9.59 Å². The number of carbonyl (C=O) groups excluding carboxylic acids is 2. The lowest BCUT2D eigenvalue weighted by molar-refractivity contribution is -0.149. The molecule has 0 amide bonds. The molecular formula is C42H56N4O7. The molecule has 0 saturated carbocycles. The van der Waals surface area contributed by atoms with Gasteiger partial charge in [0.1, 0.15) is 25.3 Å². The minimum absolute atomic E-state index is 0. The summed E-state index contributed by atoms with van der Waals surface area (Å²) < 4.78 is 10.8. The summed E-state index contributed by atoms with van der Waals surface area (Å²) in [4.78, 5) is 35.4. The van der Waals surface area contributed by atoms with Gasteiger partial charge in [0.15, 0.2) is 0 Å². The van der Waals surface area contributed by atoms with Crippen LogP contribution < -0.4 is 21.6 Å². The first-order valence-electron chi connectivity index (χ1n) is 17.8. The Balaban J connectivity index is 0.000000268. The molecule has 4 aromatic carbocycles. The van der Waals surface area contributed by atoms with Crippen LogP contribution in [0.4, 0.5) is 0 Å². The summed E-state index contributed by atoms with van der Waals surface area (Å²) in [6.07, 6.45) is 3.21. The quantitative estimate of drug-likeness (QED) is 0.0844. The number of ether oxygens (including phenoxy) is 2. The van der Waals surface area contributed by atoms with Gasteiger partial charge in [-0.25, -0.2) is 0 Å². The lowest BCUT2D eigenvalue weighted by Gasteiger charge is -2.28. The molecule has 0 bridgehead atoms. The highest BCUT2D eigenvalue weighted by Gasteiger charge is 2.28. The van der Waals surface area contributed by atoms with Gasteiger partial charge >= 0.3 is 11.9 Å². The van der Waals surface area contributed by atoms with Gasteiger partial charge in [0.25, 0.3) is 0 Å². The Morgan fingerprint density at radius 3 is 1.11 bits per heavy atom. The van der Waals surface area contributed by atoms with Crippen molar-refractivity contribution in [3.63, 3.8) is 0 Å². The molecule has 4 aromatic rings. The highest BCUT2D eigenvalue weighted by atomic mass is 16.6. The van der Waals surface area contributed by atoms with Crippen LogP contribution in [0.2, 0.25) is 0 Å². The maximum absolute atomic E-state index is 12.1. The molecule has 0 spiro atoms. The molecule has 4 atom stereocenters. The molecule has 6 rings (SSSR count). The average molecular weight is 729 g/mol. The number of carbonyl (C=O) groups is 2. The summed E-state index contributed by atoms with van der Waals surface area (Å²) in [7, 11) is 1.00. The Bertz CT molecular complexity index is 1400. The predicted octanol–water partition coefficient (Wildman–Crippen LogP) is 5.39. The molecule has 53 heavy (non-hydrogen) atoms. The topological polar surface area (TPSA) is 139 Å². The van der Waals surface area contributed by atoms with Gasteiger partial charge in [-0.05, 0) is 47.9 Å². The fraction of sp³-hybridized carbons (Fsp3) is 0.381. The van der Waals surface area contributed by atoms with Crippen LogP contribution in [0.3, 0.4) is 0 Å². The van der Waals surface area contributed by atoms with Crippen molar-refractivity contribution in [1.29, 1.82) is 0 Å². The van der Waals surface area contributed by atoms with Gasteiger partial charge in [0.05, 0.1) is 13.2 Å². The maximum Gasteiger partial charge on any atom is 0.323 e. The second-order valence-corrected chi connectivity index (χ2v) is 12.4. The Hall–Kier alpha value is -4.46. The minimum atomic E-state index is -0.240. The molecule has 2 aliphatic rings. The second-order valence-electron chi connectivity index (χ2n) is 12.4. The van der Waals surface area contributed by atoms with Crippen molar-refractivity contribution in [2.75, 3.05) is 20.2 Å². The van der Waals surface area contributed by atoms with Crippen molar-refractivity contribution in [3.05, 3.63) is 144 Å². The molecule has 11 nitrogen and oxygen atoms in total. The summed E-state index contributed by atoms with van der Waals surface area (Å²) in [6, 6.07) is 39.4. The largest absolute Gasteiger partial charge is 0.460 e. The monoisotopic (exact) mass is 728 g/mol. The molecule has 2 fully saturated rings. The zero-order chi connectivity index (χ0) is 36.6. The van der Waals surface area contributed by atoms with Crippen molar-refractivity contribution in [1.82, 2.24) is 21.6 Å². The van der Waals surface area contributed by atoms with E-state index >= 15 is 0 Å². The number of piperidine rings is 2. The van der Waals surface area contributed by atoms with Crippen molar-refractivity contribution >= 4 is 11.9 Å². The Labute approximate surface area is 314 Å². The molecule has 0 aromatic heterocycles. The Morgan fingerprint density at radius 2 is 0.830 bits per heavy atom. The van der Waals surface area contributed by atoms with E-state index in [1.807, 2.05) is 121 Å². The molecule has 2 saturated heterocycles. The van der Waals surface area contributed by atoms with Crippen molar-refractivity contribution in [3.8, 4) is 0 Å². The number of hydrogen-bond acceptors (Lipinski definition) is 11. The van der Waals surface area contributed by atoms with Crippen LogP contribution in [0.5, 0.6) is 0 Å². The van der Waals surface area contributed by atoms with Gasteiger partial charge in [-0.2, -0.15) is 11.0 Å². The fourth-order valence-corrected chi connectivity index (χ4v) is 5.61. The summed E-state index contributed by atoms with van der Waals surface area (Å²) in [5, 5.41) is 13.5. The van der Waals surface area contributed by atoms with Crippen LogP contribution in [0.1, 0.15) is 55.4 Å². The summed E-state index contributed by atoms with van der Waals surface area (Å²) >= 11 is 0. The van der Waals surface area contributed by atoms with E-state index in [2.05, 4.69) is 21.6 Å². The molecule has 5 N–H and O–H groups in total. The van der Waals surface area contributed by atoms with E-state index in [0.29, 0.717) is 39.5 Å². The summed E-state index contributed by atoms with van der Waals surface area (Å²) in [6.45, 7) is 3.05. The molecular weight excluding hydrogens is 672 g/mol. The predicted molar refractivity (Wildman–Crippen MR) is 206 cm³/mol. The highest BCUT2D eigenvalue weighted by molar-refractivity contribution is 5.76. The molecule has 11 heteroatoms. The van der Waals surface area contributed by atoms with Crippen LogP contribution in [-0.2, 0) is 55.2 Å². The van der Waals surface area contributed by atoms with Gasteiger partial charge in [-0.1, -0.05) is 129 Å². The lowest BCUT2D eigenvalue weighted by atomic mass is 10.0. The summed E-state index contributed by atoms with van der Waals surface area (Å²) in [5.74, 6) is -0.375. The van der Waals surface area contributed by atoms with E-state index in [4.69, 9.17) is 24.3 Å². The van der Waals surface area contributed by atoms with Crippen molar-refractivity contribution in [2.24, 2.45) is 0 Å². The van der Waals surface area contributed by atoms with Crippen molar-refractivity contribution in [2.45, 2.75) is 83.7 Å². The van der Waals surface area contributed by atoms with Crippen LogP contribution in [0.15, 0.2) is 121 Å². The molecule has 2 aliphatic heterocycles. The van der Waals surface area contributed by atoms with Crippen LogP contribution in [-0.4, -0.2) is 61.4 Å². The number of nitrogens with one attached hydrogen (secondary N) is 4.